The highest BCUT2D eigenvalue weighted by Crippen LogP contribution is 2.36. The average Bonchev–Trinajstić information content (AvgIpc) is 3.35. The van der Waals surface area contributed by atoms with Gasteiger partial charge in [0.25, 0.3) is 0 Å². The molecule has 8 nitrogen and oxygen atoms in total. The first-order valence-electron chi connectivity index (χ1n) is 12.4. The van der Waals surface area contributed by atoms with Crippen molar-refractivity contribution < 1.29 is 19.4 Å². The number of hydrogen-bond donors (Lipinski definition) is 1. The second-order valence-electron chi connectivity index (χ2n) is 10.1. The number of aliphatic hydroxyl groups excluding tert-OH is 1. The van der Waals surface area contributed by atoms with Crippen LogP contribution >= 0.6 is 11.6 Å². The maximum absolute atomic E-state index is 13.3. The third-order valence-electron chi connectivity index (χ3n) is 7.17. The topological polar surface area (TPSA) is 87.9 Å². The van der Waals surface area contributed by atoms with Crippen molar-refractivity contribution >= 4 is 23.4 Å². The number of hydrogen-bond acceptors (Lipinski definition) is 5. The molecule has 0 spiro atoms. The first-order chi connectivity index (χ1) is 16.7. The number of nitrogens with zero attached hydrogens (tertiary/aromatic N) is 4. The van der Waals surface area contributed by atoms with Gasteiger partial charge in [-0.05, 0) is 68.9 Å². The van der Waals surface area contributed by atoms with Crippen LogP contribution in [-0.2, 0) is 16.1 Å². The second kappa shape index (κ2) is 11.0. The minimum absolute atomic E-state index is 0.00972. The molecule has 0 radical (unpaired) electrons. The highest BCUT2D eigenvalue weighted by atomic mass is 35.5. The Labute approximate surface area is 211 Å². The Morgan fingerprint density at radius 2 is 1.86 bits per heavy atom. The number of carbonyl (C=O) groups is 2. The molecule has 4 rings (SSSR count). The summed E-state index contributed by atoms with van der Waals surface area (Å²) in [7, 11) is 0. The predicted molar refractivity (Wildman–Crippen MR) is 133 cm³/mol. The van der Waals surface area contributed by atoms with Gasteiger partial charge in [0.05, 0.1) is 12.7 Å². The molecule has 190 valence electrons. The molecule has 2 aromatic rings. The minimum atomic E-state index is -0.493. The van der Waals surface area contributed by atoms with E-state index in [-0.39, 0.29) is 24.5 Å². The molecule has 2 fully saturated rings. The summed E-state index contributed by atoms with van der Waals surface area (Å²) in [6, 6.07) is 5.63. The quantitative estimate of drug-likeness (QED) is 0.628. The van der Waals surface area contributed by atoms with Crippen molar-refractivity contribution in [3.63, 3.8) is 0 Å². The molecule has 3 heterocycles. The van der Waals surface area contributed by atoms with Crippen molar-refractivity contribution in [3.05, 3.63) is 46.7 Å². The predicted octanol–water partition coefficient (Wildman–Crippen LogP) is 3.21. The molecule has 0 bridgehead atoms. The molecule has 9 heteroatoms. The summed E-state index contributed by atoms with van der Waals surface area (Å²) in [5, 5.41) is 14.7. The van der Waals surface area contributed by atoms with Crippen molar-refractivity contribution in [2.24, 2.45) is 5.41 Å². The van der Waals surface area contributed by atoms with Crippen LogP contribution < -0.4 is 4.74 Å². The lowest BCUT2D eigenvalue weighted by molar-refractivity contribution is -0.143. The standard InChI is InChI=1S/C26H35ClN4O4/c1-19-13-22(14-20(2)25(19)27)35-18-26(15-23(33)29-11-5-21(32)6-12-29)7-3-9-30(17-26)24(34)16-31-10-4-8-28-31/h4,8,10,13-14,21,32H,3,5-7,9,11-12,15-18H2,1-2H3/t26-/m0/s1. The number of amides is 2. The van der Waals surface area contributed by atoms with Gasteiger partial charge in [-0.15, -0.1) is 0 Å². The number of aryl methyl sites for hydroxylation is 2. The van der Waals surface area contributed by atoms with Crippen LogP contribution in [0.3, 0.4) is 0 Å². The average molecular weight is 503 g/mol. The van der Waals surface area contributed by atoms with Gasteiger partial charge in [0.1, 0.15) is 12.3 Å². The van der Waals surface area contributed by atoms with Crippen LogP contribution in [0.15, 0.2) is 30.6 Å². The summed E-state index contributed by atoms with van der Waals surface area (Å²) in [4.78, 5) is 30.1. The van der Waals surface area contributed by atoms with Crippen LogP contribution in [0, 0.1) is 19.3 Å². The summed E-state index contributed by atoms with van der Waals surface area (Å²) in [5.41, 5.74) is 1.39. The van der Waals surface area contributed by atoms with E-state index in [9.17, 15) is 14.7 Å². The first-order valence-corrected chi connectivity index (χ1v) is 12.7. The van der Waals surface area contributed by atoms with Crippen LogP contribution in [0.1, 0.15) is 43.2 Å². The largest absolute Gasteiger partial charge is 0.493 e. The number of aliphatic hydroxyl groups is 1. The van der Waals surface area contributed by atoms with E-state index in [2.05, 4.69) is 5.10 Å². The van der Waals surface area contributed by atoms with Gasteiger partial charge in [-0.2, -0.15) is 5.10 Å². The van der Waals surface area contributed by atoms with Crippen LogP contribution in [0.5, 0.6) is 5.75 Å². The Balaban J connectivity index is 1.51. The zero-order valence-corrected chi connectivity index (χ0v) is 21.3. The van der Waals surface area contributed by atoms with Crippen LogP contribution in [0.25, 0.3) is 0 Å². The van der Waals surface area contributed by atoms with Crippen molar-refractivity contribution in [1.29, 1.82) is 0 Å². The Morgan fingerprint density at radius 3 is 2.51 bits per heavy atom. The van der Waals surface area contributed by atoms with E-state index in [1.165, 1.54) is 0 Å². The van der Waals surface area contributed by atoms with Gasteiger partial charge in [-0.1, -0.05) is 11.6 Å². The fraction of sp³-hybridized carbons (Fsp3) is 0.577. The molecule has 1 aromatic carbocycles. The summed E-state index contributed by atoms with van der Waals surface area (Å²) in [5.74, 6) is 0.771. The number of rotatable bonds is 7. The van der Waals surface area contributed by atoms with E-state index in [0.29, 0.717) is 52.0 Å². The zero-order valence-electron chi connectivity index (χ0n) is 20.6. The molecule has 1 N–H and O–H groups in total. The third kappa shape index (κ3) is 6.35. The molecule has 2 saturated heterocycles. The van der Waals surface area contributed by atoms with Crippen molar-refractivity contribution in [1.82, 2.24) is 19.6 Å². The molecule has 1 atom stereocenters. The Hall–Kier alpha value is -2.58. The molecule has 2 aliphatic rings. The van der Waals surface area contributed by atoms with E-state index in [1.54, 1.807) is 23.1 Å². The fourth-order valence-corrected chi connectivity index (χ4v) is 5.25. The smallest absolute Gasteiger partial charge is 0.244 e. The molecule has 2 amide bonds. The van der Waals surface area contributed by atoms with E-state index < -0.39 is 5.41 Å². The Morgan fingerprint density at radius 1 is 1.14 bits per heavy atom. The summed E-state index contributed by atoms with van der Waals surface area (Å²) in [6.45, 7) is 6.65. The van der Waals surface area contributed by atoms with E-state index in [4.69, 9.17) is 16.3 Å². The SMILES string of the molecule is Cc1cc(OC[C@]2(CC(=O)N3CCC(O)CC3)CCCN(C(=O)Cn3cccn3)C2)cc(C)c1Cl. The lowest BCUT2D eigenvalue weighted by atomic mass is 9.77. The number of carbonyl (C=O) groups excluding carboxylic acids is 2. The van der Waals surface area contributed by atoms with Gasteiger partial charge >= 0.3 is 0 Å². The summed E-state index contributed by atoms with van der Waals surface area (Å²) in [6.07, 6.45) is 6.22. The molecule has 0 unspecified atom stereocenters. The maximum atomic E-state index is 13.3. The first kappa shape index (κ1) is 25.5. The number of ether oxygens (including phenoxy) is 1. The number of halogens is 1. The van der Waals surface area contributed by atoms with Gasteiger partial charge in [0, 0.05) is 55.4 Å². The monoisotopic (exact) mass is 502 g/mol. The zero-order chi connectivity index (χ0) is 25.0. The lowest BCUT2D eigenvalue weighted by Gasteiger charge is -2.43. The van der Waals surface area contributed by atoms with Gasteiger partial charge in [0.2, 0.25) is 11.8 Å². The van der Waals surface area contributed by atoms with Gasteiger partial charge < -0.3 is 19.6 Å². The fourth-order valence-electron chi connectivity index (χ4n) is 5.14. The maximum Gasteiger partial charge on any atom is 0.244 e. The normalized spacial score (nSPS) is 21.3. The molecule has 0 aliphatic carbocycles. The van der Waals surface area contributed by atoms with Crippen molar-refractivity contribution in [2.45, 2.75) is 58.6 Å². The van der Waals surface area contributed by atoms with E-state index in [1.807, 2.05) is 35.8 Å². The Kier molecular flexibility index (Phi) is 8.02. The van der Waals surface area contributed by atoms with Crippen molar-refractivity contribution in [2.75, 3.05) is 32.8 Å². The molecular weight excluding hydrogens is 468 g/mol. The van der Waals surface area contributed by atoms with Crippen molar-refractivity contribution in [3.8, 4) is 5.75 Å². The van der Waals surface area contributed by atoms with E-state index >= 15 is 0 Å². The molecular formula is C26H35ClN4O4. The van der Waals surface area contributed by atoms with Crippen LogP contribution in [-0.4, -0.2) is 75.4 Å². The number of likely N-dealkylation sites (tertiary alicyclic amines) is 2. The number of aromatic nitrogens is 2. The van der Waals surface area contributed by atoms with Gasteiger partial charge in [0.15, 0.2) is 0 Å². The number of benzene rings is 1. The second-order valence-corrected chi connectivity index (χ2v) is 10.4. The Bertz CT molecular complexity index is 1010. The summed E-state index contributed by atoms with van der Waals surface area (Å²) >= 11 is 6.33. The van der Waals surface area contributed by atoms with Gasteiger partial charge in [-0.3, -0.25) is 14.3 Å². The minimum Gasteiger partial charge on any atom is -0.493 e. The highest BCUT2D eigenvalue weighted by molar-refractivity contribution is 6.32. The summed E-state index contributed by atoms with van der Waals surface area (Å²) < 4.78 is 7.90. The highest BCUT2D eigenvalue weighted by Gasteiger charge is 2.41. The molecule has 35 heavy (non-hydrogen) atoms. The number of piperidine rings is 2. The van der Waals surface area contributed by atoms with Gasteiger partial charge in [-0.25, -0.2) is 0 Å². The van der Waals surface area contributed by atoms with E-state index in [0.717, 1.165) is 34.7 Å². The van der Waals surface area contributed by atoms with Crippen LogP contribution in [0.2, 0.25) is 5.02 Å². The molecule has 2 aliphatic heterocycles. The van der Waals surface area contributed by atoms with Crippen LogP contribution in [0.4, 0.5) is 0 Å². The third-order valence-corrected chi connectivity index (χ3v) is 7.77. The lowest BCUT2D eigenvalue weighted by Crippen LogP contribution is -2.52. The molecule has 1 aromatic heterocycles. The molecule has 0 saturated carbocycles.